The molecule has 0 bridgehead atoms. The van der Waals surface area contributed by atoms with Crippen LogP contribution in [0.1, 0.15) is 42.1 Å². The number of nitrogens with zero attached hydrogens (tertiary/aromatic N) is 2. The van der Waals surface area contributed by atoms with E-state index in [2.05, 4.69) is 55.6 Å². The molecule has 0 saturated carbocycles. The zero-order valence-electron chi connectivity index (χ0n) is 11.7. The van der Waals surface area contributed by atoms with Crippen LogP contribution in [0.2, 0.25) is 0 Å². The first-order valence-corrected chi connectivity index (χ1v) is 7.17. The zero-order valence-corrected chi connectivity index (χ0v) is 12.5. The van der Waals surface area contributed by atoms with Crippen LogP contribution in [0.25, 0.3) is 0 Å². The number of anilines is 1. The van der Waals surface area contributed by atoms with Crippen molar-refractivity contribution in [1.82, 2.24) is 9.55 Å². The van der Waals surface area contributed by atoms with Crippen LogP contribution in [0.5, 0.6) is 0 Å². The second kappa shape index (κ2) is 5.14. The van der Waals surface area contributed by atoms with Gasteiger partial charge < -0.3 is 9.88 Å². The summed E-state index contributed by atoms with van der Waals surface area (Å²) in [6, 6.07) is 2.99. The lowest BCUT2D eigenvalue weighted by Crippen LogP contribution is -2.17. The molecule has 0 aliphatic heterocycles. The van der Waals surface area contributed by atoms with Gasteiger partial charge in [0.2, 0.25) is 5.95 Å². The lowest BCUT2D eigenvalue weighted by atomic mass is 10.1. The molecule has 0 aliphatic carbocycles. The Kier molecular flexibility index (Phi) is 3.76. The van der Waals surface area contributed by atoms with E-state index in [1.54, 1.807) is 0 Å². The molecule has 0 radical (unpaired) electrons. The normalized spacial score (nSPS) is 13.0. The van der Waals surface area contributed by atoms with Gasteiger partial charge in [0.1, 0.15) is 0 Å². The molecule has 0 aromatic carbocycles. The van der Waals surface area contributed by atoms with E-state index in [-0.39, 0.29) is 0 Å². The number of nitrogens with one attached hydrogen (secondary N) is 1. The maximum Gasteiger partial charge on any atom is 0.203 e. The van der Waals surface area contributed by atoms with Crippen molar-refractivity contribution in [3.8, 4) is 0 Å². The summed E-state index contributed by atoms with van der Waals surface area (Å²) in [6.45, 7) is 10.8. The molecule has 2 heterocycles. The third-order valence-corrected chi connectivity index (χ3v) is 4.01. The third kappa shape index (κ3) is 2.58. The number of thiophene rings is 1. The molecule has 3 nitrogen and oxygen atoms in total. The van der Waals surface area contributed by atoms with Crippen molar-refractivity contribution >= 4 is 17.3 Å². The lowest BCUT2D eigenvalue weighted by Gasteiger charge is -2.18. The first kappa shape index (κ1) is 13.1. The van der Waals surface area contributed by atoms with Crippen molar-refractivity contribution < 1.29 is 0 Å². The molecule has 4 heteroatoms. The highest BCUT2D eigenvalue weighted by molar-refractivity contribution is 7.12. The van der Waals surface area contributed by atoms with E-state index < -0.39 is 0 Å². The number of aromatic nitrogens is 2. The predicted octanol–water partition coefficient (Wildman–Crippen LogP) is 3.99. The average molecular weight is 263 g/mol. The molecule has 0 spiro atoms. The molecule has 2 aromatic heterocycles. The quantitative estimate of drug-likeness (QED) is 0.904. The molecule has 18 heavy (non-hydrogen) atoms. The molecule has 2 rings (SSSR count). The van der Waals surface area contributed by atoms with Gasteiger partial charge in [0.05, 0.1) is 6.04 Å². The van der Waals surface area contributed by atoms with Gasteiger partial charge in [0.25, 0.3) is 0 Å². The lowest BCUT2D eigenvalue weighted by molar-refractivity contribution is 0.637. The van der Waals surface area contributed by atoms with Crippen LogP contribution in [-0.4, -0.2) is 15.6 Å². The van der Waals surface area contributed by atoms with Crippen LogP contribution in [0.4, 0.5) is 5.95 Å². The van der Waals surface area contributed by atoms with Crippen LogP contribution in [0.3, 0.4) is 0 Å². The molecule has 2 aromatic rings. The second-order valence-electron chi connectivity index (χ2n) is 5.00. The summed E-state index contributed by atoms with van der Waals surface area (Å²) < 4.78 is 2.20. The molecular weight excluding hydrogens is 242 g/mol. The number of hydrogen-bond donors (Lipinski definition) is 1. The van der Waals surface area contributed by atoms with E-state index in [4.69, 9.17) is 0 Å². The predicted molar refractivity (Wildman–Crippen MR) is 78.6 cm³/mol. The highest BCUT2D eigenvalue weighted by atomic mass is 32.1. The summed E-state index contributed by atoms with van der Waals surface area (Å²) in [5.41, 5.74) is 1.39. The Hall–Kier alpha value is -1.29. The first-order valence-electron chi connectivity index (χ1n) is 6.35. The Bertz CT molecular complexity index is 525. The fraction of sp³-hybridized carbons (Fsp3) is 0.500. The van der Waals surface area contributed by atoms with Crippen molar-refractivity contribution in [2.75, 3.05) is 5.32 Å². The van der Waals surface area contributed by atoms with E-state index in [0.29, 0.717) is 12.1 Å². The fourth-order valence-corrected chi connectivity index (χ4v) is 3.23. The van der Waals surface area contributed by atoms with Crippen molar-refractivity contribution in [1.29, 1.82) is 0 Å². The minimum absolute atomic E-state index is 0.318. The van der Waals surface area contributed by atoms with Crippen LogP contribution < -0.4 is 5.32 Å². The maximum absolute atomic E-state index is 4.39. The molecule has 0 saturated heterocycles. The topological polar surface area (TPSA) is 29.9 Å². The second-order valence-corrected chi connectivity index (χ2v) is 6.46. The number of hydrogen-bond acceptors (Lipinski definition) is 3. The van der Waals surface area contributed by atoms with E-state index in [9.17, 15) is 0 Å². The Morgan fingerprint density at radius 3 is 2.56 bits per heavy atom. The van der Waals surface area contributed by atoms with Crippen molar-refractivity contribution in [3.63, 3.8) is 0 Å². The van der Waals surface area contributed by atoms with Crippen LogP contribution in [-0.2, 0) is 0 Å². The van der Waals surface area contributed by atoms with Gasteiger partial charge in [-0.1, -0.05) is 0 Å². The minimum atomic E-state index is 0.318. The highest BCUT2D eigenvalue weighted by Gasteiger charge is 2.16. The van der Waals surface area contributed by atoms with Crippen LogP contribution in [0, 0.1) is 13.8 Å². The highest BCUT2D eigenvalue weighted by Crippen LogP contribution is 2.30. The van der Waals surface area contributed by atoms with E-state index in [1.807, 2.05) is 23.7 Å². The maximum atomic E-state index is 4.39. The largest absolute Gasteiger partial charge is 0.353 e. The Morgan fingerprint density at radius 1 is 1.28 bits per heavy atom. The van der Waals surface area contributed by atoms with Crippen molar-refractivity contribution in [2.45, 2.75) is 46.7 Å². The fourth-order valence-electron chi connectivity index (χ4n) is 2.21. The number of aryl methyl sites for hydroxylation is 2. The summed E-state index contributed by atoms with van der Waals surface area (Å²) in [6.07, 6.45) is 3.90. The molecular formula is C14H21N3S. The van der Waals surface area contributed by atoms with Gasteiger partial charge in [0.15, 0.2) is 0 Å². The minimum Gasteiger partial charge on any atom is -0.353 e. The molecule has 0 aliphatic rings. The van der Waals surface area contributed by atoms with Crippen molar-refractivity contribution in [3.05, 3.63) is 33.8 Å². The summed E-state index contributed by atoms with van der Waals surface area (Å²) >= 11 is 1.86. The molecule has 1 atom stereocenters. The standard InChI is InChI=1S/C14H21N3S/c1-9(2)16-14-15-6-7-17(14)11(4)13-8-10(3)18-12(13)5/h6-9,11H,1-5H3,(H,15,16). The average Bonchev–Trinajstić information content (AvgIpc) is 2.83. The number of rotatable bonds is 4. The summed E-state index contributed by atoms with van der Waals surface area (Å²) in [5.74, 6) is 0.945. The van der Waals surface area contributed by atoms with Gasteiger partial charge in [-0.15, -0.1) is 11.3 Å². The van der Waals surface area contributed by atoms with Gasteiger partial charge in [-0.2, -0.15) is 0 Å². The molecule has 1 unspecified atom stereocenters. The Labute approximate surface area is 113 Å². The van der Waals surface area contributed by atoms with Crippen LogP contribution >= 0.6 is 11.3 Å². The third-order valence-electron chi connectivity index (χ3n) is 3.03. The molecule has 98 valence electrons. The van der Waals surface area contributed by atoms with Crippen LogP contribution in [0.15, 0.2) is 18.5 Å². The summed E-state index contributed by atoms with van der Waals surface area (Å²) in [4.78, 5) is 7.16. The monoisotopic (exact) mass is 263 g/mol. The smallest absolute Gasteiger partial charge is 0.203 e. The Balaban J connectivity index is 2.31. The SMILES string of the molecule is Cc1cc(C(C)n2ccnc2NC(C)C)c(C)s1. The van der Waals surface area contributed by atoms with Crippen molar-refractivity contribution in [2.24, 2.45) is 0 Å². The van der Waals surface area contributed by atoms with Gasteiger partial charge in [-0.3, -0.25) is 0 Å². The van der Waals surface area contributed by atoms with E-state index in [1.165, 1.54) is 15.3 Å². The molecule has 1 N–H and O–H groups in total. The zero-order chi connectivity index (χ0) is 13.3. The first-order chi connectivity index (χ1) is 8.49. The summed E-state index contributed by atoms with van der Waals surface area (Å²) in [5, 5.41) is 3.39. The molecule has 0 amide bonds. The number of imidazole rings is 1. The molecule has 0 fully saturated rings. The van der Waals surface area contributed by atoms with Gasteiger partial charge in [-0.05, 0) is 46.2 Å². The van der Waals surface area contributed by atoms with E-state index in [0.717, 1.165) is 5.95 Å². The van der Waals surface area contributed by atoms with Gasteiger partial charge in [0, 0.05) is 28.2 Å². The van der Waals surface area contributed by atoms with Gasteiger partial charge in [-0.25, -0.2) is 4.98 Å². The summed E-state index contributed by atoms with van der Waals surface area (Å²) in [7, 11) is 0. The van der Waals surface area contributed by atoms with E-state index >= 15 is 0 Å². The Morgan fingerprint density at radius 2 is 2.00 bits per heavy atom. The van der Waals surface area contributed by atoms with Gasteiger partial charge >= 0.3 is 0 Å².